The summed E-state index contributed by atoms with van der Waals surface area (Å²) in [4.78, 5) is 12.6. The summed E-state index contributed by atoms with van der Waals surface area (Å²) in [7, 11) is -3.42. The Morgan fingerprint density at radius 1 is 1.07 bits per heavy atom. The van der Waals surface area contributed by atoms with Crippen LogP contribution in [0.15, 0.2) is 39.5 Å². The minimum Gasteiger partial charge on any atom is -0.507 e. The summed E-state index contributed by atoms with van der Waals surface area (Å²) in [5, 5.41) is 20.0. The van der Waals surface area contributed by atoms with Crippen LogP contribution < -0.4 is 14.3 Å². The molecule has 1 aromatic heterocycles. The SMILES string of the molecule is COc1cc(O)c2c(=O)c(C)c(-c3ccc(OS(=O)(=O)O)c(O)c3)oc2c1. The van der Waals surface area contributed by atoms with Crippen molar-refractivity contribution in [2.24, 2.45) is 0 Å². The minimum atomic E-state index is -4.81. The number of methoxy groups -OCH3 is 1. The molecule has 0 amide bonds. The van der Waals surface area contributed by atoms with Crippen LogP contribution in [0.5, 0.6) is 23.0 Å². The highest BCUT2D eigenvalue weighted by Gasteiger charge is 2.19. The smallest absolute Gasteiger partial charge is 0.446 e. The van der Waals surface area contributed by atoms with Gasteiger partial charge >= 0.3 is 10.4 Å². The summed E-state index contributed by atoms with van der Waals surface area (Å²) in [6.45, 7) is 1.48. The zero-order valence-electron chi connectivity index (χ0n) is 14.1. The molecule has 0 unspecified atom stereocenters. The van der Waals surface area contributed by atoms with E-state index in [0.717, 1.165) is 12.1 Å². The Hall–Kier alpha value is -3.24. The van der Waals surface area contributed by atoms with Crippen LogP contribution in [0, 0.1) is 6.92 Å². The molecule has 10 heteroatoms. The number of hydrogen-bond donors (Lipinski definition) is 3. The molecule has 27 heavy (non-hydrogen) atoms. The van der Waals surface area contributed by atoms with Crippen molar-refractivity contribution in [1.82, 2.24) is 0 Å². The normalized spacial score (nSPS) is 11.5. The minimum absolute atomic E-state index is 0.0207. The van der Waals surface area contributed by atoms with Gasteiger partial charge < -0.3 is 23.6 Å². The average Bonchev–Trinajstić information content (AvgIpc) is 2.58. The monoisotopic (exact) mass is 394 g/mol. The number of fused-ring (bicyclic) bond motifs is 1. The van der Waals surface area contributed by atoms with Crippen molar-refractivity contribution >= 4 is 21.4 Å². The first-order valence-electron chi connectivity index (χ1n) is 7.45. The summed E-state index contributed by atoms with van der Waals surface area (Å²) in [6, 6.07) is 6.24. The van der Waals surface area contributed by atoms with Gasteiger partial charge in [-0.15, -0.1) is 0 Å². The summed E-state index contributed by atoms with van der Waals surface area (Å²) >= 11 is 0. The fourth-order valence-corrected chi connectivity index (χ4v) is 2.97. The van der Waals surface area contributed by atoms with Crippen molar-refractivity contribution in [2.45, 2.75) is 6.92 Å². The maximum absolute atomic E-state index is 12.6. The molecular formula is C17H14O9S. The van der Waals surface area contributed by atoms with E-state index in [0.29, 0.717) is 0 Å². The van der Waals surface area contributed by atoms with E-state index in [2.05, 4.69) is 4.18 Å². The predicted octanol–water partition coefficient (Wildman–Crippen LogP) is 2.37. The second-order valence-electron chi connectivity index (χ2n) is 5.60. The van der Waals surface area contributed by atoms with E-state index < -0.39 is 27.3 Å². The standard InChI is InChI=1S/C17H14O9S/c1-8-16(20)15-12(19)6-10(24-2)7-14(15)25-17(8)9-3-4-13(11(18)5-9)26-27(21,22)23/h3-7,18-19H,1-2H3,(H,21,22,23). The third kappa shape index (κ3) is 3.52. The van der Waals surface area contributed by atoms with Crippen LogP contribution in [0.25, 0.3) is 22.3 Å². The quantitative estimate of drug-likeness (QED) is 0.568. The van der Waals surface area contributed by atoms with E-state index in [1.807, 2.05) is 0 Å². The Bertz CT molecular complexity index is 1210. The van der Waals surface area contributed by atoms with Gasteiger partial charge in [0.05, 0.1) is 7.11 Å². The molecule has 1 heterocycles. The van der Waals surface area contributed by atoms with Crippen molar-refractivity contribution in [3.63, 3.8) is 0 Å². The number of phenols is 2. The number of rotatable bonds is 4. The molecular weight excluding hydrogens is 380 g/mol. The van der Waals surface area contributed by atoms with Crippen LogP contribution in [0.3, 0.4) is 0 Å². The van der Waals surface area contributed by atoms with Crippen molar-refractivity contribution < 1.29 is 36.5 Å². The van der Waals surface area contributed by atoms with Gasteiger partial charge in [0.25, 0.3) is 0 Å². The van der Waals surface area contributed by atoms with Crippen LogP contribution in [-0.2, 0) is 10.4 Å². The van der Waals surface area contributed by atoms with E-state index in [9.17, 15) is 23.4 Å². The Kier molecular flexibility index (Phi) is 4.46. The molecule has 0 fully saturated rings. The van der Waals surface area contributed by atoms with Gasteiger partial charge in [0.2, 0.25) is 0 Å². The van der Waals surface area contributed by atoms with Gasteiger partial charge in [0.1, 0.15) is 28.2 Å². The van der Waals surface area contributed by atoms with Gasteiger partial charge in [-0.1, -0.05) is 0 Å². The lowest BCUT2D eigenvalue weighted by molar-refractivity contribution is 0.371. The zero-order valence-corrected chi connectivity index (χ0v) is 14.9. The fraction of sp³-hybridized carbons (Fsp3) is 0.118. The third-order valence-electron chi connectivity index (χ3n) is 3.83. The van der Waals surface area contributed by atoms with Gasteiger partial charge in [-0.3, -0.25) is 9.35 Å². The van der Waals surface area contributed by atoms with E-state index in [1.165, 1.54) is 32.2 Å². The van der Waals surface area contributed by atoms with Crippen LogP contribution in [0.4, 0.5) is 0 Å². The van der Waals surface area contributed by atoms with E-state index in [4.69, 9.17) is 13.7 Å². The fourth-order valence-electron chi connectivity index (χ4n) is 2.60. The lowest BCUT2D eigenvalue weighted by Crippen LogP contribution is -2.08. The van der Waals surface area contributed by atoms with E-state index in [1.54, 1.807) is 0 Å². The second-order valence-corrected chi connectivity index (χ2v) is 6.62. The zero-order chi connectivity index (χ0) is 19.9. The first-order chi connectivity index (χ1) is 12.6. The van der Waals surface area contributed by atoms with Crippen LogP contribution in [-0.4, -0.2) is 30.3 Å². The Labute approximate surface area is 153 Å². The molecule has 0 aliphatic rings. The molecule has 3 rings (SSSR count). The van der Waals surface area contributed by atoms with E-state index in [-0.39, 0.29) is 39.4 Å². The topological polar surface area (TPSA) is 144 Å². The van der Waals surface area contributed by atoms with Crippen molar-refractivity contribution in [2.75, 3.05) is 7.11 Å². The first kappa shape index (κ1) is 18.5. The first-order valence-corrected chi connectivity index (χ1v) is 8.82. The van der Waals surface area contributed by atoms with Gasteiger partial charge in [-0.2, -0.15) is 8.42 Å². The maximum Gasteiger partial charge on any atom is 0.446 e. The molecule has 0 aliphatic carbocycles. The van der Waals surface area contributed by atoms with Crippen molar-refractivity contribution in [3.05, 3.63) is 46.1 Å². The number of benzene rings is 2. The molecule has 0 aliphatic heterocycles. The second kappa shape index (κ2) is 6.49. The number of hydrogen-bond acceptors (Lipinski definition) is 8. The molecule has 0 spiro atoms. The molecule has 3 N–H and O–H groups in total. The highest BCUT2D eigenvalue weighted by molar-refractivity contribution is 7.81. The Morgan fingerprint density at radius 2 is 1.78 bits per heavy atom. The summed E-state index contributed by atoms with van der Waals surface area (Å²) in [5.41, 5.74) is -0.0147. The molecule has 3 aromatic rings. The molecule has 0 radical (unpaired) electrons. The molecule has 142 valence electrons. The Morgan fingerprint density at radius 3 is 2.37 bits per heavy atom. The largest absolute Gasteiger partial charge is 0.507 e. The Balaban J connectivity index is 2.21. The number of phenolic OH excluding ortho intramolecular Hbond substituents is 2. The van der Waals surface area contributed by atoms with Crippen LogP contribution in [0.1, 0.15) is 5.56 Å². The molecule has 2 aromatic carbocycles. The van der Waals surface area contributed by atoms with E-state index >= 15 is 0 Å². The summed E-state index contributed by atoms with van der Waals surface area (Å²) in [5.74, 6) is -1.03. The lowest BCUT2D eigenvalue weighted by atomic mass is 10.0. The molecule has 0 atom stereocenters. The van der Waals surface area contributed by atoms with Crippen LogP contribution in [0.2, 0.25) is 0 Å². The lowest BCUT2D eigenvalue weighted by Gasteiger charge is -2.11. The van der Waals surface area contributed by atoms with Crippen molar-refractivity contribution in [1.29, 1.82) is 0 Å². The number of ether oxygens (including phenoxy) is 1. The van der Waals surface area contributed by atoms with Gasteiger partial charge in [-0.25, -0.2) is 0 Å². The molecule has 0 bridgehead atoms. The van der Waals surface area contributed by atoms with Crippen molar-refractivity contribution in [3.8, 4) is 34.3 Å². The summed E-state index contributed by atoms with van der Waals surface area (Å²) < 4.78 is 45.2. The van der Waals surface area contributed by atoms with Crippen LogP contribution >= 0.6 is 0 Å². The van der Waals surface area contributed by atoms with Gasteiger partial charge in [0.15, 0.2) is 16.9 Å². The predicted molar refractivity (Wildman–Crippen MR) is 94.7 cm³/mol. The average molecular weight is 394 g/mol. The third-order valence-corrected chi connectivity index (χ3v) is 4.22. The highest BCUT2D eigenvalue weighted by Crippen LogP contribution is 2.36. The molecule has 0 saturated carbocycles. The maximum atomic E-state index is 12.6. The molecule has 9 nitrogen and oxygen atoms in total. The highest BCUT2D eigenvalue weighted by atomic mass is 32.3. The number of aromatic hydroxyl groups is 2. The summed E-state index contributed by atoms with van der Waals surface area (Å²) in [6.07, 6.45) is 0. The molecule has 0 saturated heterocycles. The van der Waals surface area contributed by atoms with Gasteiger partial charge in [-0.05, 0) is 25.1 Å². The van der Waals surface area contributed by atoms with Gasteiger partial charge in [0, 0.05) is 23.3 Å².